The van der Waals surface area contributed by atoms with Crippen LogP contribution in [-0.4, -0.2) is 8.42 Å². The van der Waals surface area contributed by atoms with Crippen LogP contribution in [0.1, 0.15) is 5.56 Å². The van der Waals surface area contributed by atoms with Crippen molar-refractivity contribution in [3.05, 3.63) is 58.1 Å². The van der Waals surface area contributed by atoms with Crippen molar-refractivity contribution in [2.75, 3.05) is 4.72 Å². The van der Waals surface area contributed by atoms with Crippen molar-refractivity contribution >= 4 is 31.6 Å². The van der Waals surface area contributed by atoms with Gasteiger partial charge in [0.05, 0.1) is 5.69 Å². The van der Waals surface area contributed by atoms with Gasteiger partial charge >= 0.3 is 0 Å². The minimum absolute atomic E-state index is 0.215. The zero-order valence-electron chi connectivity index (χ0n) is 10.3. The molecular formula is C13H10BrF2NO2S. The van der Waals surface area contributed by atoms with E-state index >= 15 is 0 Å². The number of aryl methyl sites for hydroxylation is 1. The van der Waals surface area contributed by atoms with Gasteiger partial charge in [0, 0.05) is 4.47 Å². The number of hydrogen-bond donors (Lipinski definition) is 1. The van der Waals surface area contributed by atoms with Crippen molar-refractivity contribution in [1.29, 1.82) is 0 Å². The Bertz CT molecular complexity index is 763. The molecule has 0 radical (unpaired) electrons. The third kappa shape index (κ3) is 2.99. The molecule has 0 fully saturated rings. The maximum atomic E-state index is 13.8. The molecule has 106 valence electrons. The summed E-state index contributed by atoms with van der Waals surface area (Å²) in [4.78, 5) is -0.540. The highest BCUT2D eigenvalue weighted by molar-refractivity contribution is 9.10. The molecule has 3 nitrogen and oxygen atoms in total. The molecule has 0 spiro atoms. The normalized spacial score (nSPS) is 11.4. The van der Waals surface area contributed by atoms with E-state index in [2.05, 4.69) is 15.9 Å². The second-order valence-electron chi connectivity index (χ2n) is 4.12. The second-order valence-corrected chi connectivity index (χ2v) is 6.68. The SMILES string of the molecule is Cc1cccc(NS(=O)(=O)c2ccc(Br)cc2F)c1F. The van der Waals surface area contributed by atoms with E-state index in [-0.39, 0.29) is 5.69 Å². The van der Waals surface area contributed by atoms with Gasteiger partial charge in [-0.25, -0.2) is 17.2 Å². The fourth-order valence-corrected chi connectivity index (χ4v) is 3.07. The predicted molar refractivity (Wildman–Crippen MR) is 76.0 cm³/mol. The molecule has 1 N–H and O–H groups in total. The molecule has 0 saturated carbocycles. The van der Waals surface area contributed by atoms with Crippen LogP contribution in [0, 0.1) is 18.6 Å². The highest BCUT2D eigenvalue weighted by Gasteiger charge is 2.21. The molecule has 0 aromatic heterocycles. The van der Waals surface area contributed by atoms with Crippen molar-refractivity contribution in [1.82, 2.24) is 0 Å². The van der Waals surface area contributed by atoms with Crippen molar-refractivity contribution in [2.45, 2.75) is 11.8 Å². The van der Waals surface area contributed by atoms with Crippen molar-refractivity contribution < 1.29 is 17.2 Å². The number of anilines is 1. The average Bonchev–Trinajstić information content (AvgIpc) is 2.34. The van der Waals surface area contributed by atoms with Crippen molar-refractivity contribution in [3.8, 4) is 0 Å². The van der Waals surface area contributed by atoms with E-state index in [0.29, 0.717) is 10.0 Å². The molecule has 0 aliphatic carbocycles. The van der Waals surface area contributed by atoms with Gasteiger partial charge in [0.25, 0.3) is 10.0 Å². The molecular weight excluding hydrogens is 352 g/mol. The first kappa shape index (κ1) is 14.9. The average molecular weight is 362 g/mol. The predicted octanol–water partition coefficient (Wildman–Crippen LogP) is 3.84. The molecule has 0 bridgehead atoms. The van der Waals surface area contributed by atoms with E-state index in [0.717, 1.165) is 12.1 Å². The quantitative estimate of drug-likeness (QED) is 0.902. The molecule has 7 heteroatoms. The largest absolute Gasteiger partial charge is 0.277 e. The Balaban J connectivity index is 2.44. The third-order valence-electron chi connectivity index (χ3n) is 2.62. The molecule has 2 rings (SSSR count). The fraction of sp³-hybridized carbons (Fsp3) is 0.0769. The van der Waals surface area contributed by atoms with Crippen LogP contribution in [0.4, 0.5) is 14.5 Å². The van der Waals surface area contributed by atoms with Gasteiger partial charge in [-0.1, -0.05) is 28.1 Å². The molecule has 0 aliphatic heterocycles. The lowest BCUT2D eigenvalue weighted by atomic mass is 10.2. The number of rotatable bonds is 3. The second kappa shape index (κ2) is 5.49. The van der Waals surface area contributed by atoms with Gasteiger partial charge < -0.3 is 0 Å². The molecule has 0 atom stereocenters. The van der Waals surface area contributed by atoms with Gasteiger partial charge in [-0.3, -0.25) is 4.72 Å². The highest BCUT2D eigenvalue weighted by atomic mass is 79.9. The van der Waals surface area contributed by atoms with Crippen LogP contribution in [0.2, 0.25) is 0 Å². The van der Waals surface area contributed by atoms with Gasteiger partial charge in [-0.2, -0.15) is 0 Å². The molecule has 0 aliphatic rings. The van der Waals surface area contributed by atoms with Gasteiger partial charge in [0.2, 0.25) is 0 Å². The zero-order valence-corrected chi connectivity index (χ0v) is 12.7. The van der Waals surface area contributed by atoms with E-state index in [1.54, 1.807) is 0 Å². The molecule has 2 aromatic carbocycles. The number of benzene rings is 2. The van der Waals surface area contributed by atoms with Crippen LogP contribution < -0.4 is 4.72 Å². The van der Waals surface area contributed by atoms with Crippen molar-refractivity contribution in [3.63, 3.8) is 0 Å². The summed E-state index contributed by atoms with van der Waals surface area (Å²) in [5.74, 6) is -1.60. The lowest BCUT2D eigenvalue weighted by Crippen LogP contribution is -2.15. The summed E-state index contributed by atoms with van der Waals surface area (Å²) in [6, 6.07) is 7.82. The Hall–Kier alpha value is -1.47. The van der Waals surface area contributed by atoms with Crippen LogP contribution in [0.15, 0.2) is 45.8 Å². The lowest BCUT2D eigenvalue weighted by Gasteiger charge is -2.10. The third-order valence-corrected chi connectivity index (χ3v) is 4.51. The van der Waals surface area contributed by atoms with Gasteiger partial charge in [-0.15, -0.1) is 0 Å². The Kier molecular flexibility index (Phi) is 4.10. The van der Waals surface area contributed by atoms with Crippen LogP contribution >= 0.6 is 15.9 Å². The topological polar surface area (TPSA) is 46.2 Å². The molecule has 20 heavy (non-hydrogen) atoms. The Labute approximate surface area is 123 Å². The summed E-state index contributed by atoms with van der Waals surface area (Å²) in [5, 5.41) is 0. The minimum Gasteiger partial charge on any atom is -0.277 e. The first-order chi connectivity index (χ1) is 9.31. The summed E-state index contributed by atoms with van der Waals surface area (Å²) >= 11 is 3.04. The summed E-state index contributed by atoms with van der Waals surface area (Å²) in [6.07, 6.45) is 0. The first-order valence-electron chi connectivity index (χ1n) is 5.54. The van der Waals surface area contributed by atoms with E-state index < -0.39 is 26.6 Å². The first-order valence-corrected chi connectivity index (χ1v) is 7.82. The summed E-state index contributed by atoms with van der Waals surface area (Å²) < 4.78 is 54.1. The summed E-state index contributed by atoms with van der Waals surface area (Å²) in [5.41, 5.74) is 0.0776. The molecule has 0 unspecified atom stereocenters. The molecule has 0 heterocycles. The van der Waals surface area contributed by atoms with Gasteiger partial charge in [-0.05, 0) is 36.8 Å². The van der Waals surface area contributed by atoms with Crippen LogP contribution in [0.5, 0.6) is 0 Å². The van der Waals surface area contributed by atoms with Gasteiger partial charge in [0.15, 0.2) is 0 Å². The van der Waals surface area contributed by atoms with E-state index in [1.807, 2.05) is 4.72 Å². The number of hydrogen-bond acceptors (Lipinski definition) is 2. The monoisotopic (exact) mass is 361 g/mol. The fourth-order valence-electron chi connectivity index (χ4n) is 1.62. The zero-order chi connectivity index (χ0) is 14.9. The molecule has 2 aromatic rings. The Morgan fingerprint density at radius 1 is 1.15 bits per heavy atom. The van der Waals surface area contributed by atoms with Crippen LogP contribution in [-0.2, 0) is 10.0 Å². The summed E-state index contributed by atoms with van der Waals surface area (Å²) in [7, 11) is -4.19. The van der Waals surface area contributed by atoms with Crippen LogP contribution in [0.25, 0.3) is 0 Å². The summed E-state index contributed by atoms with van der Waals surface area (Å²) in [6.45, 7) is 1.51. The lowest BCUT2D eigenvalue weighted by molar-refractivity contribution is 0.568. The smallest absolute Gasteiger partial charge is 0.264 e. The van der Waals surface area contributed by atoms with Gasteiger partial charge in [0.1, 0.15) is 16.5 Å². The van der Waals surface area contributed by atoms with E-state index in [9.17, 15) is 17.2 Å². The number of nitrogens with one attached hydrogen (secondary N) is 1. The Morgan fingerprint density at radius 2 is 1.85 bits per heavy atom. The van der Waals surface area contributed by atoms with Crippen LogP contribution in [0.3, 0.4) is 0 Å². The van der Waals surface area contributed by atoms with E-state index in [1.165, 1.54) is 31.2 Å². The maximum absolute atomic E-state index is 13.8. The minimum atomic E-state index is -4.19. The maximum Gasteiger partial charge on any atom is 0.264 e. The van der Waals surface area contributed by atoms with Crippen molar-refractivity contribution in [2.24, 2.45) is 0 Å². The number of sulfonamides is 1. The molecule has 0 amide bonds. The molecule has 0 saturated heterocycles. The van der Waals surface area contributed by atoms with E-state index in [4.69, 9.17) is 0 Å². The Morgan fingerprint density at radius 3 is 2.50 bits per heavy atom. The number of halogens is 3. The standard InChI is InChI=1S/C13H10BrF2NO2S/c1-8-3-2-4-11(13(8)16)17-20(18,19)12-6-5-9(14)7-10(12)15/h2-7,17H,1H3. The highest BCUT2D eigenvalue weighted by Crippen LogP contribution is 2.24.